The second-order valence-corrected chi connectivity index (χ2v) is 8.86. The highest BCUT2D eigenvalue weighted by Crippen LogP contribution is 2.47. The van der Waals surface area contributed by atoms with Crippen molar-refractivity contribution in [3.05, 3.63) is 11.9 Å². The van der Waals surface area contributed by atoms with Gasteiger partial charge in [-0.3, -0.25) is 9.59 Å². The maximum absolute atomic E-state index is 11.2. The minimum atomic E-state index is -0.803. The summed E-state index contributed by atoms with van der Waals surface area (Å²) in [6.07, 6.45) is 2.50. The molecule has 0 bridgehead atoms. The van der Waals surface area contributed by atoms with Crippen LogP contribution in [0.5, 0.6) is 0 Å². The molecule has 0 radical (unpaired) electrons. The molecule has 19 heavy (non-hydrogen) atoms. The van der Waals surface area contributed by atoms with Crippen LogP contribution in [-0.4, -0.2) is 49.6 Å². The summed E-state index contributed by atoms with van der Waals surface area (Å²) in [7, 11) is 2.90. The van der Waals surface area contributed by atoms with Crippen LogP contribution in [-0.2, 0) is 9.59 Å². The Bertz CT molecular complexity index is 380. The fourth-order valence-corrected chi connectivity index (χ4v) is 2.90. The molecule has 0 aliphatic rings. The van der Waals surface area contributed by atoms with Crippen LogP contribution in [0.4, 0.5) is 0 Å². The smallest absolute Gasteiger partial charge is 0.306 e. The minimum absolute atomic E-state index is 0.247. The third-order valence-electron chi connectivity index (χ3n) is 3.41. The van der Waals surface area contributed by atoms with Gasteiger partial charge in [-0.2, -0.15) is 0 Å². The van der Waals surface area contributed by atoms with E-state index in [0.29, 0.717) is 6.42 Å². The molecule has 0 saturated carbocycles. The van der Waals surface area contributed by atoms with Gasteiger partial charge < -0.3 is 10.2 Å². The van der Waals surface area contributed by atoms with E-state index in [2.05, 4.69) is 0 Å². The molecular weight excluding hydrogens is 261 g/mol. The Balaban J connectivity index is 4.78. The van der Waals surface area contributed by atoms with Crippen molar-refractivity contribution in [2.45, 2.75) is 37.6 Å². The lowest BCUT2D eigenvalue weighted by Gasteiger charge is -2.28. The molecule has 4 atom stereocenters. The molecule has 0 aromatic heterocycles. The van der Waals surface area contributed by atoms with Gasteiger partial charge in [0.25, 0.3) is 0 Å². The zero-order valence-corrected chi connectivity index (χ0v) is 13.5. The van der Waals surface area contributed by atoms with Crippen LogP contribution >= 0.6 is 7.92 Å². The van der Waals surface area contributed by atoms with Crippen molar-refractivity contribution in [1.82, 2.24) is 0 Å². The van der Waals surface area contributed by atoms with Gasteiger partial charge in [-0.15, -0.1) is 0 Å². The van der Waals surface area contributed by atoms with Gasteiger partial charge in [0.1, 0.15) is 15.7 Å². The summed E-state index contributed by atoms with van der Waals surface area (Å²) < 4.78 is 0. The number of hydrogen-bond acceptors (Lipinski definition) is 2. The lowest BCUT2D eigenvalue weighted by atomic mass is 9.66. The Morgan fingerprint density at radius 2 is 1.79 bits per heavy atom. The first-order valence-corrected chi connectivity index (χ1v) is 8.14. The van der Waals surface area contributed by atoms with Crippen LogP contribution in [0, 0.1) is 5.92 Å². The van der Waals surface area contributed by atoms with Crippen molar-refractivity contribution in [3.8, 4) is 0 Å². The third-order valence-corrected chi connectivity index (χ3v) is 5.96. The van der Waals surface area contributed by atoms with Crippen LogP contribution in [0.1, 0.15) is 27.2 Å². The van der Waals surface area contributed by atoms with Crippen LogP contribution in [0.2, 0.25) is 5.31 Å². The molecule has 0 aromatic rings. The summed E-state index contributed by atoms with van der Waals surface area (Å²) in [4.78, 5) is 22.0. The van der Waals surface area contributed by atoms with Gasteiger partial charge in [0, 0.05) is 0 Å². The van der Waals surface area contributed by atoms with Gasteiger partial charge in [-0.05, 0) is 18.4 Å². The molecule has 0 saturated heterocycles. The number of carboxylic acids is 2. The molecule has 0 amide bonds. The molecule has 106 valence electrons. The number of allylic oxidation sites excluding steroid dienone is 1. The molecule has 4 unspecified atom stereocenters. The number of hydrogen-bond donors (Lipinski definition) is 2. The Kier molecular flexibility index (Phi) is 6.34. The van der Waals surface area contributed by atoms with Crippen molar-refractivity contribution in [3.63, 3.8) is 0 Å². The highest BCUT2D eigenvalue weighted by molar-refractivity contribution is 7.64. The monoisotopic (exact) mass is 284 g/mol. The SMILES string of the molecule is BC(C)(/C=C/P(C)C(B)(C)C(=O)O)CC(C)C(=O)O. The van der Waals surface area contributed by atoms with Crippen LogP contribution in [0.25, 0.3) is 0 Å². The molecule has 0 heterocycles. The summed E-state index contributed by atoms with van der Waals surface area (Å²) in [5.41, 5.74) is 0. The Morgan fingerprint density at radius 3 is 2.16 bits per heavy atom. The molecular formula is C12H23B2O4P. The average molecular weight is 284 g/mol. The standard InChI is InChI=1S/C12H23B2O4P/c1-8(9(15)16)7-11(2,13)5-6-19(4)12(3,14)10(17)18/h5-6,8H,7,13-14H2,1-4H3,(H,15,16)(H,17,18)/b6-5+. The predicted octanol–water partition coefficient (Wildman–Crippen LogP) is 0.968. The molecule has 2 N–H and O–H groups in total. The molecule has 7 heteroatoms. The van der Waals surface area contributed by atoms with Crippen LogP contribution < -0.4 is 0 Å². The summed E-state index contributed by atoms with van der Waals surface area (Å²) in [5, 5.41) is 17.1. The lowest BCUT2D eigenvalue weighted by Crippen LogP contribution is -2.32. The molecule has 0 rings (SSSR count). The van der Waals surface area contributed by atoms with Gasteiger partial charge >= 0.3 is 11.9 Å². The van der Waals surface area contributed by atoms with Crippen molar-refractivity contribution in [2.24, 2.45) is 5.92 Å². The number of rotatable bonds is 7. The van der Waals surface area contributed by atoms with Gasteiger partial charge in [-0.25, -0.2) is 0 Å². The van der Waals surface area contributed by atoms with E-state index in [4.69, 9.17) is 10.2 Å². The molecule has 0 aliphatic heterocycles. The fraction of sp³-hybridized carbons (Fsp3) is 0.667. The van der Waals surface area contributed by atoms with E-state index in [1.165, 1.54) is 0 Å². The topological polar surface area (TPSA) is 74.6 Å². The van der Waals surface area contributed by atoms with E-state index in [-0.39, 0.29) is 5.31 Å². The average Bonchev–Trinajstić information content (AvgIpc) is 2.24. The summed E-state index contributed by atoms with van der Waals surface area (Å²) in [5.74, 6) is -0.0679. The second kappa shape index (κ2) is 6.60. The number of carbonyl (C=O) groups is 2. The van der Waals surface area contributed by atoms with Crippen molar-refractivity contribution in [2.75, 3.05) is 6.66 Å². The maximum Gasteiger partial charge on any atom is 0.306 e. The highest BCUT2D eigenvalue weighted by atomic mass is 31.1. The highest BCUT2D eigenvalue weighted by Gasteiger charge is 2.32. The summed E-state index contributed by atoms with van der Waals surface area (Å²) in [6.45, 7) is 7.31. The van der Waals surface area contributed by atoms with E-state index in [1.54, 1.807) is 21.7 Å². The van der Waals surface area contributed by atoms with E-state index in [9.17, 15) is 9.59 Å². The van der Waals surface area contributed by atoms with Crippen molar-refractivity contribution in [1.29, 1.82) is 0 Å². The van der Waals surface area contributed by atoms with Crippen molar-refractivity contribution >= 4 is 35.6 Å². The molecule has 0 fully saturated rings. The van der Waals surface area contributed by atoms with Gasteiger partial charge in [0.05, 0.1) is 11.0 Å². The normalized spacial score (nSPS) is 21.3. The number of aliphatic carboxylic acids is 2. The van der Waals surface area contributed by atoms with Gasteiger partial charge in [0.2, 0.25) is 0 Å². The fourth-order valence-electron chi connectivity index (χ4n) is 1.60. The molecule has 0 aromatic carbocycles. The third kappa shape index (κ3) is 5.82. The first kappa shape index (κ1) is 18.2. The Morgan fingerprint density at radius 1 is 1.32 bits per heavy atom. The first-order valence-electron chi connectivity index (χ1n) is 6.28. The Labute approximate surface area is 118 Å². The minimum Gasteiger partial charge on any atom is -0.481 e. The molecule has 0 aliphatic carbocycles. The zero-order chi connectivity index (χ0) is 15.4. The van der Waals surface area contributed by atoms with E-state index < -0.39 is 30.8 Å². The first-order chi connectivity index (χ1) is 8.40. The zero-order valence-electron chi connectivity index (χ0n) is 12.6. The van der Waals surface area contributed by atoms with Gasteiger partial charge in [0.15, 0.2) is 0 Å². The van der Waals surface area contributed by atoms with Crippen molar-refractivity contribution < 1.29 is 19.8 Å². The maximum atomic E-state index is 11.2. The lowest BCUT2D eigenvalue weighted by molar-refractivity contribution is -0.141. The summed E-state index contributed by atoms with van der Waals surface area (Å²) in [6, 6.07) is 0. The predicted molar refractivity (Wildman–Crippen MR) is 84.9 cm³/mol. The quantitative estimate of drug-likeness (QED) is 0.539. The van der Waals surface area contributed by atoms with Gasteiger partial charge in [-0.1, -0.05) is 40.6 Å². The van der Waals surface area contributed by atoms with E-state index in [1.807, 2.05) is 33.3 Å². The van der Waals surface area contributed by atoms with Crippen LogP contribution in [0.3, 0.4) is 0 Å². The summed E-state index contributed by atoms with van der Waals surface area (Å²) >= 11 is 0. The number of carboxylic acid groups (broad SMARTS) is 2. The largest absolute Gasteiger partial charge is 0.481 e. The molecule has 4 nitrogen and oxygen atoms in total. The molecule has 0 spiro atoms. The second-order valence-electron chi connectivity index (χ2n) is 6.22. The van der Waals surface area contributed by atoms with Crippen LogP contribution in [0.15, 0.2) is 11.9 Å². The van der Waals surface area contributed by atoms with E-state index >= 15 is 0 Å². The van der Waals surface area contributed by atoms with E-state index in [0.717, 1.165) is 0 Å². The Hall–Kier alpha value is -0.760.